The number of carbonyl (C=O) groups is 4. The van der Waals surface area contributed by atoms with Crippen LogP contribution in [0.15, 0.2) is 23.0 Å². The molecule has 43 heavy (non-hydrogen) atoms. The quantitative estimate of drug-likeness (QED) is 0.223. The fourth-order valence-electron chi connectivity index (χ4n) is 7.01. The van der Waals surface area contributed by atoms with Gasteiger partial charge >= 0.3 is 0 Å². The van der Waals surface area contributed by atoms with Crippen molar-refractivity contribution in [1.82, 2.24) is 10.2 Å². The number of nitrogens with one attached hydrogen (secondary N) is 1. The van der Waals surface area contributed by atoms with Crippen LogP contribution in [0.4, 0.5) is 0 Å². The number of carbonyl (C=O) groups excluding carboxylic acids is 4. The Hall–Kier alpha value is -3.54. The molecule has 0 bridgehead atoms. The molecule has 1 aromatic carbocycles. The highest BCUT2D eigenvalue weighted by Crippen LogP contribution is 2.57. The number of amides is 1. The van der Waals surface area contributed by atoms with Gasteiger partial charge in [-0.3, -0.25) is 24.1 Å². The van der Waals surface area contributed by atoms with Crippen molar-refractivity contribution in [3.8, 4) is 5.75 Å². The van der Waals surface area contributed by atoms with Crippen LogP contribution in [0.25, 0.3) is 5.76 Å². The zero-order chi connectivity index (χ0) is 32.9. The van der Waals surface area contributed by atoms with Gasteiger partial charge in [0, 0.05) is 28.2 Å². The molecule has 4 rings (SSSR count). The number of Topliss-reactive ketones (excluding diaryl/α,β-unsaturated/α-hetero) is 3. The molecule has 0 radical (unpaired) electrons. The van der Waals surface area contributed by atoms with Crippen LogP contribution in [0.3, 0.4) is 0 Å². The van der Waals surface area contributed by atoms with Crippen LogP contribution in [0, 0.1) is 11.8 Å². The van der Waals surface area contributed by atoms with Gasteiger partial charge in [-0.05, 0) is 64.8 Å². The molecule has 3 aliphatic rings. The lowest BCUT2D eigenvalue weighted by Crippen LogP contribution is -2.70. The van der Waals surface area contributed by atoms with Crippen LogP contribution < -0.4 is 5.32 Å². The third kappa shape index (κ3) is 4.60. The molecule has 0 aromatic heterocycles. The summed E-state index contributed by atoms with van der Waals surface area (Å²) in [5.74, 6) is -9.60. The standard InChI is InChI=1S/C32H42N2O9/c1-12-16-14(13(2)35)11-15(30(3,4)5)23(36)18(16)24(37)19-17(12)25(38)21-22(34(9)10)26(39)20(29(42)33-31(6,7)8)28(41)32(21,43)27(19)40/h11-12,17,21-22,25,36-38,41,43H,1-10H3,(H,33,42). The second kappa shape index (κ2) is 10.0. The lowest BCUT2D eigenvalue weighted by atomic mass is 9.54. The first-order chi connectivity index (χ1) is 19.5. The Morgan fingerprint density at radius 3 is 2.05 bits per heavy atom. The molecule has 6 N–H and O–H groups in total. The van der Waals surface area contributed by atoms with Gasteiger partial charge in [-0.1, -0.05) is 27.7 Å². The number of hydrogen-bond acceptors (Lipinski definition) is 10. The van der Waals surface area contributed by atoms with Gasteiger partial charge < -0.3 is 30.8 Å². The van der Waals surface area contributed by atoms with Gasteiger partial charge in [0.15, 0.2) is 17.2 Å². The lowest BCUT2D eigenvalue weighted by Gasteiger charge is -2.54. The predicted molar refractivity (Wildman–Crippen MR) is 158 cm³/mol. The molecule has 0 aliphatic heterocycles. The Labute approximate surface area is 250 Å². The van der Waals surface area contributed by atoms with Gasteiger partial charge in [0.1, 0.15) is 22.8 Å². The van der Waals surface area contributed by atoms with E-state index in [2.05, 4.69) is 5.32 Å². The molecule has 234 valence electrons. The number of nitrogens with zero attached hydrogens (tertiary/aromatic N) is 1. The van der Waals surface area contributed by atoms with Crippen molar-refractivity contribution in [1.29, 1.82) is 0 Å². The van der Waals surface area contributed by atoms with Gasteiger partial charge in [0.05, 0.1) is 23.6 Å². The first kappa shape index (κ1) is 32.4. The molecule has 1 amide bonds. The average Bonchev–Trinajstić information content (AvgIpc) is 2.83. The van der Waals surface area contributed by atoms with Crippen LogP contribution >= 0.6 is 0 Å². The number of phenolic OH excluding ortho intramolecular Hbond substituents is 1. The average molecular weight is 599 g/mol. The normalized spacial score (nSPS) is 29.4. The fraction of sp³-hybridized carbons (Fsp3) is 0.562. The first-order valence-corrected chi connectivity index (χ1v) is 14.3. The summed E-state index contributed by atoms with van der Waals surface area (Å²) in [7, 11) is 2.95. The Morgan fingerprint density at radius 2 is 1.58 bits per heavy atom. The second-order valence-electron chi connectivity index (χ2n) is 14.3. The topological polar surface area (TPSA) is 185 Å². The molecule has 0 heterocycles. The number of fused-ring (bicyclic) bond motifs is 3. The zero-order valence-corrected chi connectivity index (χ0v) is 26.3. The summed E-state index contributed by atoms with van der Waals surface area (Å²) < 4.78 is 0. The van der Waals surface area contributed by atoms with Crippen LogP contribution in [0.1, 0.15) is 88.4 Å². The highest BCUT2D eigenvalue weighted by molar-refractivity contribution is 6.25. The predicted octanol–water partition coefficient (Wildman–Crippen LogP) is 2.43. The number of likely N-dealkylation sites (N-methyl/N-ethyl adjacent to an activating group) is 1. The number of ketones is 3. The number of aliphatic hydroxyl groups is 4. The van der Waals surface area contributed by atoms with Crippen LogP contribution in [-0.4, -0.2) is 91.1 Å². The Morgan fingerprint density at radius 1 is 1.02 bits per heavy atom. The van der Waals surface area contributed by atoms with E-state index in [1.165, 1.54) is 25.9 Å². The Kier molecular flexibility index (Phi) is 7.53. The van der Waals surface area contributed by atoms with E-state index in [4.69, 9.17) is 0 Å². The van der Waals surface area contributed by atoms with E-state index in [9.17, 15) is 44.7 Å². The van der Waals surface area contributed by atoms with Crippen molar-refractivity contribution in [2.75, 3.05) is 14.1 Å². The molecule has 6 unspecified atom stereocenters. The van der Waals surface area contributed by atoms with Gasteiger partial charge in [-0.2, -0.15) is 0 Å². The van der Waals surface area contributed by atoms with Crippen molar-refractivity contribution in [3.05, 3.63) is 45.2 Å². The van der Waals surface area contributed by atoms with E-state index in [1.807, 2.05) is 0 Å². The monoisotopic (exact) mass is 598 g/mol. The molecule has 0 saturated heterocycles. The summed E-state index contributed by atoms with van der Waals surface area (Å²) in [5, 5.41) is 61.1. The SMILES string of the molecule is CC(=O)c1cc(C(C)(C)C)c(O)c2c1C(C)C1C(=C2O)C(=O)C2(O)C(O)=C(C(=O)NC(C)(C)C)C(=O)C(N(C)C)C2C1O. The third-order valence-electron chi connectivity index (χ3n) is 8.88. The molecule has 6 atom stereocenters. The highest BCUT2D eigenvalue weighted by atomic mass is 16.4. The summed E-state index contributed by atoms with van der Waals surface area (Å²) in [6.07, 6.45) is -1.72. The third-order valence-corrected chi connectivity index (χ3v) is 8.88. The van der Waals surface area contributed by atoms with Gasteiger partial charge in [0.2, 0.25) is 5.78 Å². The number of hydrogen-bond donors (Lipinski definition) is 6. The fourth-order valence-corrected chi connectivity index (χ4v) is 7.01. The summed E-state index contributed by atoms with van der Waals surface area (Å²) in [6.45, 7) is 13.3. The van der Waals surface area contributed by atoms with Crippen molar-refractivity contribution < 1.29 is 44.7 Å². The van der Waals surface area contributed by atoms with E-state index < -0.39 is 86.6 Å². The molecule has 0 spiro atoms. The molecule has 1 aromatic rings. The number of aromatic hydroxyl groups is 1. The maximum atomic E-state index is 14.4. The summed E-state index contributed by atoms with van der Waals surface area (Å²) in [6, 6.07) is 0.113. The number of phenols is 1. The molecule has 3 aliphatic carbocycles. The molecular formula is C32H42N2O9. The highest BCUT2D eigenvalue weighted by Gasteiger charge is 2.68. The van der Waals surface area contributed by atoms with E-state index in [0.717, 1.165) is 0 Å². The minimum Gasteiger partial charge on any atom is -0.508 e. The number of rotatable bonds is 3. The van der Waals surface area contributed by atoms with Gasteiger partial charge in [0.25, 0.3) is 5.91 Å². The van der Waals surface area contributed by atoms with Gasteiger partial charge in [-0.25, -0.2) is 0 Å². The number of benzene rings is 1. The van der Waals surface area contributed by atoms with E-state index in [1.54, 1.807) is 54.5 Å². The minimum atomic E-state index is -2.98. The Bertz CT molecular complexity index is 1520. The molecular weight excluding hydrogens is 556 g/mol. The van der Waals surface area contributed by atoms with Gasteiger partial charge in [-0.15, -0.1) is 0 Å². The van der Waals surface area contributed by atoms with E-state index in [0.29, 0.717) is 5.56 Å². The smallest absolute Gasteiger partial charge is 0.258 e. The maximum Gasteiger partial charge on any atom is 0.258 e. The second-order valence-corrected chi connectivity index (χ2v) is 14.3. The van der Waals surface area contributed by atoms with Crippen molar-refractivity contribution in [2.24, 2.45) is 11.8 Å². The molecule has 1 fully saturated rings. The van der Waals surface area contributed by atoms with Crippen molar-refractivity contribution in [3.63, 3.8) is 0 Å². The molecule has 1 saturated carbocycles. The van der Waals surface area contributed by atoms with Crippen molar-refractivity contribution >= 4 is 29.0 Å². The van der Waals surface area contributed by atoms with E-state index >= 15 is 0 Å². The summed E-state index contributed by atoms with van der Waals surface area (Å²) >= 11 is 0. The first-order valence-electron chi connectivity index (χ1n) is 14.3. The van der Waals surface area contributed by atoms with Crippen LogP contribution in [0.2, 0.25) is 0 Å². The van der Waals surface area contributed by atoms with E-state index in [-0.39, 0.29) is 28.2 Å². The summed E-state index contributed by atoms with van der Waals surface area (Å²) in [5.41, 5.74) is -5.27. The van der Waals surface area contributed by atoms with Crippen molar-refractivity contribution in [2.45, 2.75) is 90.0 Å². The lowest BCUT2D eigenvalue weighted by molar-refractivity contribution is -0.169. The van der Waals surface area contributed by atoms with Crippen LogP contribution in [-0.2, 0) is 19.8 Å². The molecule has 11 heteroatoms. The maximum absolute atomic E-state index is 14.4. The minimum absolute atomic E-state index is 0.177. The Balaban J connectivity index is 2.10. The zero-order valence-electron chi connectivity index (χ0n) is 26.3. The largest absolute Gasteiger partial charge is 0.508 e. The molecule has 11 nitrogen and oxygen atoms in total. The van der Waals surface area contributed by atoms with Crippen LogP contribution in [0.5, 0.6) is 5.75 Å². The summed E-state index contributed by atoms with van der Waals surface area (Å²) in [4.78, 5) is 55.7. The number of aliphatic hydroxyl groups excluding tert-OH is 3.